The van der Waals surface area contributed by atoms with Crippen LogP contribution in [0.2, 0.25) is 5.02 Å². The lowest BCUT2D eigenvalue weighted by atomic mass is 9.98. The van der Waals surface area contributed by atoms with Gasteiger partial charge in [-0.1, -0.05) is 35.3 Å². The van der Waals surface area contributed by atoms with E-state index in [1.54, 1.807) is 12.1 Å². The molecule has 22 heavy (non-hydrogen) atoms. The minimum atomic E-state index is -0.162. The topological polar surface area (TPSA) is 47.9 Å². The first-order valence-corrected chi connectivity index (χ1v) is 8.12. The van der Waals surface area contributed by atoms with Crippen molar-refractivity contribution >= 4 is 23.3 Å². The van der Waals surface area contributed by atoms with Crippen LogP contribution in [-0.4, -0.2) is 24.9 Å². The summed E-state index contributed by atoms with van der Waals surface area (Å²) in [5.41, 5.74) is 1.62. The second kappa shape index (κ2) is 8.79. The summed E-state index contributed by atoms with van der Waals surface area (Å²) < 4.78 is 5.52. The summed E-state index contributed by atoms with van der Waals surface area (Å²) in [6.07, 6.45) is 6.42. The molecule has 4 nitrogen and oxygen atoms in total. The second-order valence-corrected chi connectivity index (χ2v) is 5.91. The van der Waals surface area contributed by atoms with Crippen molar-refractivity contribution in [2.24, 2.45) is 5.16 Å². The van der Waals surface area contributed by atoms with Crippen molar-refractivity contribution in [1.29, 1.82) is 0 Å². The molecule has 1 aliphatic carbocycles. The van der Waals surface area contributed by atoms with Crippen molar-refractivity contribution in [2.75, 3.05) is 7.11 Å². The molecule has 0 aromatic heterocycles. The number of oxime groups is 1. The van der Waals surface area contributed by atoms with E-state index in [2.05, 4.69) is 5.16 Å². The quantitative estimate of drug-likeness (QED) is 0.444. The van der Waals surface area contributed by atoms with Crippen molar-refractivity contribution in [3.8, 4) is 0 Å². The Morgan fingerprint density at radius 3 is 2.50 bits per heavy atom. The van der Waals surface area contributed by atoms with Gasteiger partial charge in [0.25, 0.3) is 0 Å². The van der Waals surface area contributed by atoms with Crippen LogP contribution >= 0.6 is 11.6 Å². The van der Waals surface area contributed by atoms with Crippen molar-refractivity contribution < 1.29 is 14.4 Å². The molecule has 0 amide bonds. The van der Waals surface area contributed by atoms with Crippen LogP contribution in [0.4, 0.5) is 0 Å². The third kappa shape index (κ3) is 5.34. The van der Waals surface area contributed by atoms with E-state index in [1.165, 1.54) is 13.5 Å². The van der Waals surface area contributed by atoms with E-state index in [9.17, 15) is 4.79 Å². The summed E-state index contributed by atoms with van der Waals surface area (Å²) in [5, 5.41) is 4.67. The number of hydrogen-bond acceptors (Lipinski definition) is 4. The van der Waals surface area contributed by atoms with E-state index in [0.29, 0.717) is 17.9 Å². The highest BCUT2D eigenvalue weighted by Crippen LogP contribution is 2.21. The van der Waals surface area contributed by atoms with Gasteiger partial charge in [-0.15, -0.1) is 0 Å². The molecule has 0 spiro atoms. The van der Waals surface area contributed by atoms with Crippen LogP contribution in [0.5, 0.6) is 0 Å². The van der Waals surface area contributed by atoms with Gasteiger partial charge in [0.2, 0.25) is 0 Å². The summed E-state index contributed by atoms with van der Waals surface area (Å²) in [6, 6.07) is 7.32. The smallest absolute Gasteiger partial charge is 0.306 e. The number of carbonyl (C=O) groups excluding carboxylic acids is 1. The minimum absolute atomic E-state index is 0.0968. The molecule has 1 saturated carbocycles. The molecule has 2 rings (SSSR count). The van der Waals surface area contributed by atoms with Crippen LogP contribution in [0.15, 0.2) is 29.4 Å². The van der Waals surface area contributed by atoms with Gasteiger partial charge in [-0.05, 0) is 43.4 Å². The number of esters is 1. The van der Waals surface area contributed by atoms with Crippen LogP contribution in [0.3, 0.4) is 0 Å². The van der Waals surface area contributed by atoms with Crippen molar-refractivity contribution in [1.82, 2.24) is 0 Å². The van der Waals surface area contributed by atoms with Crippen LogP contribution < -0.4 is 0 Å². The average Bonchev–Trinajstić information content (AvgIpc) is 2.53. The lowest BCUT2D eigenvalue weighted by Gasteiger charge is -2.21. The zero-order valence-electron chi connectivity index (χ0n) is 12.9. The molecule has 120 valence electrons. The highest BCUT2D eigenvalue weighted by molar-refractivity contribution is 6.30. The zero-order valence-corrected chi connectivity index (χ0v) is 13.6. The Morgan fingerprint density at radius 1 is 1.18 bits per heavy atom. The predicted molar refractivity (Wildman–Crippen MR) is 87.2 cm³/mol. The van der Waals surface area contributed by atoms with E-state index < -0.39 is 0 Å². The van der Waals surface area contributed by atoms with Gasteiger partial charge in [-0.3, -0.25) is 4.79 Å². The first-order valence-electron chi connectivity index (χ1n) is 7.74. The molecule has 0 unspecified atom stereocenters. The van der Waals surface area contributed by atoms with Gasteiger partial charge in [0.1, 0.15) is 13.2 Å². The maximum absolute atomic E-state index is 12.0. The number of halogens is 1. The van der Waals surface area contributed by atoms with Crippen molar-refractivity contribution in [3.63, 3.8) is 0 Å². The Balaban J connectivity index is 1.87. The minimum Gasteiger partial charge on any atom is -0.462 e. The average molecular weight is 324 g/mol. The van der Waals surface area contributed by atoms with Gasteiger partial charge in [0.05, 0.1) is 12.1 Å². The second-order valence-electron chi connectivity index (χ2n) is 5.48. The molecule has 0 N–H and O–H groups in total. The Morgan fingerprint density at radius 2 is 1.86 bits per heavy atom. The van der Waals surface area contributed by atoms with Gasteiger partial charge < -0.3 is 9.57 Å². The maximum atomic E-state index is 12.0. The highest BCUT2D eigenvalue weighted by Gasteiger charge is 2.18. The predicted octanol–water partition coefficient (Wildman–Crippen LogP) is 4.35. The Labute approximate surface area is 136 Å². The van der Waals surface area contributed by atoms with Crippen molar-refractivity contribution in [2.45, 2.75) is 51.0 Å². The fourth-order valence-electron chi connectivity index (χ4n) is 2.64. The van der Waals surface area contributed by atoms with E-state index >= 15 is 0 Å². The fourth-order valence-corrected chi connectivity index (χ4v) is 2.77. The SMILES string of the molecule is CON=C(CCC(=O)OC1CCCCC1)c1ccc(Cl)cc1. The lowest BCUT2D eigenvalue weighted by Crippen LogP contribution is -2.21. The normalized spacial score (nSPS) is 16.4. The van der Waals surface area contributed by atoms with E-state index in [1.807, 2.05) is 12.1 Å². The van der Waals surface area contributed by atoms with Crippen LogP contribution in [-0.2, 0) is 14.4 Å². The van der Waals surface area contributed by atoms with E-state index in [4.69, 9.17) is 21.2 Å². The standard InChI is InChI=1S/C17H22ClNO3/c1-21-19-16(13-7-9-14(18)10-8-13)11-12-17(20)22-15-5-3-2-4-6-15/h7-10,15H,2-6,11-12H2,1H3. The molecule has 1 fully saturated rings. The molecule has 0 atom stereocenters. The number of carbonyl (C=O) groups is 1. The number of hydrogen-bond donors (Lipinski definition) is 0. The third-order valence-corrected chi connectivity index (χ3v) is 4.05. The summed E-state index contributed by atoms with van der Waals surface area (Å²) in [4.78, 5) is 16.8. The Hall–Kier alpha value is -1.55. The van der Waals surface area contributed by atoms with Crippen LogP contribution in [0.25, 0.3) is 0 Å². The molecule has 0 radical (unpaired) electrons. The molecule has 1 aromatic rings. The molecule has 0 aliphatic heterocycles. The third-order valence-electron chi connectivity index (χ3n) is 3.80. The first-order chi connectivity index (χ1) is 10.7. The molecule has 0 bridgehead atoms. The lowest BCUT2D eigenvalue weighted by molar-refractivity contribution is -0.150. The fraction of sp³-hybridized carbons (Fsp3) is 0.529. The first kappa shape index (κ1) is 16.8. The van der Waals surface area contributed by atoms with Crippen LogP contribution in [0.1, 0.15) is 50.5 Å². The molecule has 5 heteroatoms. The molecule has 1 aromatic carbocycles. The molecular formula is C17H22ClNO3. The summed E-state index contributed by atoms with van der Waals surface area (Å²) in [7, 11) is 1.50. The molecule has 0 saturated heterocycles. The maximum Gasteiger partial charge on any atom is 0.306 e. The van der Waals surface area contributed by atoms with Gasteiger partial charge >= 0.3 is 5.97 Å². The number of nitrogens with zero attached hydrogens (tertiary/aromatic N) is 1. The summed E-state index contributed by atoms with van der Waals surface area (Å²) in [6.45, 7) is 0. The van der Waals surface area contributed by atoms with Gasteiger partial charge in [-0.2, -0.15) is 0 Å². The number of benzene rings is 1. The Kier molecular flexibility index (Phi) is 6.72. The molecule has 0 heterocycles. The largest absolute Gasteiger partial charge is 0.462 e. The summed E-state index contributed by atoms with van der Waals surface area (Å²) in [5.74, 6) is -0.162. The monoisotopic (exact) mass is 323 g/mol. The van der Waals surface area contributed by atoms with E-state index in [-0.39, 0.29) is 12.1 Å². The number of rotatable bonds is 6. The van der Waals surface area contributed by atoms with Gasteiger partial charge in [-0.25, -0.2) is 0 Å². The molecule has 1 aliphatic rings. The highest BCUT2D eigenvalue weighted by atomic mass is 35.5. The van der Waals surface area contributed by atoms with E-state index in [0.717, 1.165) is 37.0 Å². The number of ether oxygens (including phenoxy) is 1. The van der Waals surface area contributed by atoms with Gasteiger partial charge in [0.15, 0.2) is 0 Å². The zero-order chi connectivity index (χ0) is 15.8. The van der Waals surface area contributed by atoms with Crippen molar-refractivity contribution in [3.05, 3.63) is 34.9 Å². The van der Waals surface area contributed by atoms with Crippen LogP contribution in [0, 0.1) is 0 Å². The van der Waals surface area contributed by atoms with Gasteiger partial charge in [0, 0.05) is 11.4 Å². The summed E-state index contributed by atoms with van der Waals surface area (Å²) >= 11 is 5.88. The molecular weight excluding hydrogens is 302 g/mol. The Bertz CT molecular complexity index is 507.